The van der Waals surface area contributed by atoms with Gasteiger partial charge >= 0.3 is 0 Å². The lowest BCUT2D eigenvalue weighted by molar-refractivity contribution is 0.595. The minimum atomic E-state index is -0.530. The van der Waals surface area contributed by atoms with Gasteiger partial charge in [0.05, 0.1) is 27.2 Å². The van der Waals surface area contributed by atoms with E-state index in [9.17, 15) is 14.0 Å². The van der Waals surface area contributed by atoms with Crippen LogP contribution in [0.2, 0.25) is 0 Å². The Morgan fingerprint density at radius 2 is 1.71 bits per heavy atom. The Hall–Kier alpha value is -4.36. The molecule has 0 radical (unpaired) electrons. The molecule has 0 amide bonds. The van der Waals surface area contributed by atoms with E-state index in [1.165, 1.54) is 35.8 Å². The number of aromatic nitrogens is 1. The van der Waals surface area contributed by atoms with Crippen molar-refractivity contribution in [2.24, 2.45) is 4.99 Å². The van der Waals surface area contributed by atoms with Crippen molar-refractivity contribution in [2.75, 3.05) is 0 Å². The molecule has 7 heteroatoms. The van der Waals surface area contributed by atoms with E-state index in [1.807, 2.05) is 66.7 Å². The van der Waals surface area contributed by atoms with Crippen LogP contribution in [0.25, 0.3) is 22.7 Å². The predicted octanol–water partition coefficient (Wildman–Crippen LogP) is 4.25. The van der Waals surface area contributed by atoms with Crippen LogP contribution in [-0.4, -0.2) is 4.57 Å². The van der Waals surface area contributed by atoms with Gasteiger partial charge in [-0.3, -0.25) is 14.2 Å². The Bertz CT molecular complexity index is 1850. The van der Waals surface area contributed by atoms with Crippen molar-refractivity contribution in [3.05, 3.63) is 144 Å². The number of hydrogen-bond donors (Lipinski definition) is 0. The Morgan fingerprint density at radius 1 is 0.971 bits per heavy atom. The normalized spacial score (nSPS) is 15.5. The van der Waals surface area contributed by atoms with Crippen molar-refractivity contribution in [2.45, 2.75) is 6.04 Å². The zero-order chi connectivity index (χ0) is 23.9. The van der Waals surface area contributed by atoms with Gasteiger partial charge in [0.15, 0.2) is 10.2 Å². The number of nitrogens with zero attached hydrogens (tertiary/aromatic N) is 2. The summed E-state index contributed by atoms with van der Waals surface area (Å²) < 4.78 is 21.2. The Balaban J connectivity index is 1.58. The summed E-state index contributed by atoms with van der Waals surface area (Å²) in [5.74, 6) is -0.530. The van der Waals surface area contributed by atoms with Gasteiger partial charge < -0.3 is 4.42 Å². The zero-order valence-corrected chi connectivity index (χ0v) is 19.0. The molecule has 0 saturated heterocycles. The first-order valence-electron chi connectivity index (χ1n) is 10.9. The molecule has 0 fully saturated rings. The van der Waals surface area contributed by atoms with E-state index >= 15 is 0 Å². The highest BCUT2D eigenvalue weighted by Crippen LogP contribution is 2.26. The van der Waals surface area contributed by atoms with Crippen molar-refractivity contribution in [1.82, 2.24) is 4.57 Å². The van der Waals surface area contributed by atoms with Crippen molar-refractivity contribution in [1.29, 1.82) is 0 Å². The highest BCUT2D eigenvalue weighted by molar-refractivity contribution is 7.07. The quantitative estimate of drug-likeness (QED) is 0.388. The van der Waals surface area contributed by atoms with Crippen LogP contribution in [0.4, 0.5) is 4.39 Å². The predicted molar refractivity (Wildman–Crippen MR) is 134 cm³/mol. The molecule has 6 rings (SSSR count). The molecule has 0 aliphatic carbocycles. The van der Waals surface area contributed by atoms with Gasteiger partial charge in [-0.1, -0.05) is 72.0 Å². The molecule has 3 heterocycles. The molecule has 5 nitrogen and oxygen atoms in total. The van der Waals surface area contributed by atoms with E-state index in [0.29, 0.717) is 9.33 Å². The average molecular weight is 481 g/mol. The summed E-state index contributed by atoms with van der Waals surface area (Å²) >= 11 is 1.20. The zero-order valence-electron chi connectivity index (χ0n) is 18.2. The molecule has 0 spiro atoms. The lowest BCUT2D eigenvalue weighted by atomic mass is 10.0. The number of allylic oxidation sites excluding steroid dienone is 1. The van der Waals surface area contributed by atoms with Crippen LogP contribution in [0.3, 0.4) is 0 Å². The first-order chi connectivity index (χ1) is 17.1. The number of rotatable bonds is 3. The SMILES string of the molecule is O=c1c(/C=c2\sc3n(c2=O)[C@H](c2ccccc2)C=C(c2ccccc2)N=3)coc2ccc(F)cc12. The monoisotopic (exact) mass is 480 g/mol. The van der Waals surface area contributed by atoms with Crippen LogP contribution < -0.4 is 20.3 Å². The topological polar surface area (TPSA) is 64.6 Å². The molecule has 2 aromatic heterocycles. The largest absolute Gasteiger partial charge is 0.463 e. The van der Waals surface area contributed by atoms with Crippen LogP contribution in [0.5, 0.6) is 0 Å². The van der Waals surface area contributed by atoms with Gasteiger partial charge in [-0.25, -0.2) is 9.38 Å². The van der Waals surface area contributed by atoms with E-state index in [1.54, 1.807) is 4.57 Å². The molecule has 5 aromatic rings. The third-order valence-corrected chi connectivity index (χ3v) is 6.89. The second kappa shape index (κ2) is 8.45. The number of thiazole rings is 1. The number of fused-ring (bicyclic) bond motifs is 2. The highest BCUT2D eigenvalue weighted by Gasteiger charge is 2.22. The van der Waals surface area contributed by atoms with Gasteiger partial charge in [0, 0.05) is 0 Å². The average Bonchev–Trinajstić information content (AvgIpc) is 3.21. The molecular formula is C28H17FN2O3S. The summed E-state index contributed by atoms with van der Waals surface area (Å²) in [5.41, 5.74) is 2.46. The Morgan fingerprint density at radius 3 is 2.49 bits per heavy atom. The summed E-state index contributed by atoms with van der Waals surface area (Å²) in [4.78, 5) is 31.8. The van der Waals surface area contributed by atoms with Gasteiger partial charge in [-0.15, -0.1) is 0 Å². The minimum absolute atomic E-state index is 0.125. The van der Waals surface area contributed by atoms with Crippen LogP contribution in [0.1, 0.15) is 22.7 Å². The second-order valence-electron chi connectivity index (χ2n) is 8.11. The van der Waals surface area contributed by atoms with Crippen molar-refractivity contribution < 1.29 is 8.81 Å². The Labute approximate surface area is 202 Å². The molecule has 0 bridgehead atoms. The van der Waals surface area contributed by atoms with Gasteiger partial charge in [-0.05, 0) is 41.5 Å². The van der Waals surface area contributed by atoms with Gasteiger partial charge in [0.2, 0.25) is 0 Å². The molecule has 1 aliphatic rings. The third kappa shape index (κ3) is 3.76. The van der Waals surface area contributed by atoms with E-state index < -0.39 is 11.2 Å². The van der Waals surface area contributed by atoms with Gasteiger partial charge in [0.1, 0.15) is 17.7 Å². The maximum atomic E-state index is 13.7. The molecule has 0 N–H and O–H groups in total. The smallest absolute Gasteiger partial charge is 0.271 e. The standard InChI is InChI=1S/C28H17FN2O3S/c29-20-11-12-24-21(14-20)26(32)19(16-34-24)13-25-27(33)31-23(18-9-5-2-6-10-18)15-22(30-28(31)35-25)17-7-3-1-4-8-17/h1-16,23H/b25-13-/t23-/m0/s1. The summed E-state index contributed by atoms with van der Waals surface area (Å²) in [6.07, 6.45) is 4.77. The van der Waals surface area contributed by atoms with Crippen molar-refractivity contribution in [3.8, 4) is 0 Å². The first-order valence-corrected chi connectivity index (χ1v) is 11.8. The minimum Gasteiger partial charge on any atom is -0.463 e. The maximum Gasteiger partial charge on any atom is 0.271 e. The van der Waals surface area contributed by atoms with E-state index in [4.69, 9.17) is 9.41 Å². The summed E-state index contributed by atoms with van der Waals surface area (Å²) in [7, 11) is 0. The fourth-order valence-corrected chi connectivity index (χ4v) is 5.21. The van der Waals surface area contributed by atoms with Crippen molar-refractivity contribution >= 4 is 34.1 Å². The molecule has 35 heavy (non-hydrogen) atoms. The van der Waals surface area contributed by atoms with Crippen LogP contribution in [0, 0.1) is 5.82 Å². The van der Waals surface area contributed by atoms with Gasteiger partial charge in [0.25, 0.3) is 5.56 Å². The van der Waals surface area contributed by atoms with Crippen LogP contribution in [0.15, 0.2) is 110 Å². The molecule has 0 saturated carbocycles. The van der Waals surface area contributed by atoms with E-state index in [2.05, 4.69) is 0 Å². The fraction of sp³-hybridized carbons (Fsp3) is 0.0357. The molecule has 1 atom stereocenters. The first kappa shape index (κ1) is 21.2. The van der Waals surface area contributed by atoms with E-state index in [0.717, 1.165) is 22.9 Å². The van der Waals surface area contributed by atoms with Gasteiger partial charge in [-0.2, -0.15) is 0 Å². The Kier molecular flexibility index (Phi) is 5.12. The summed E-state index contributed by atoms with van der Waals surface area (Å²) in [6.45, 7) is 0. The number of benzene rings is 3. The lowest BCUT2D eigenvalue weighted by Gasteiger charge is -2.19. The highest BCUT2D eigenvalue weighted by atomic mass is 32.1. The maximum absolute atomic E-state index is 13.7. The summed E-state index contributed by atoms with van der Waals surface area (Å²) in [5, 5.41) is 0.125. The fourth-order valence-electron chi connectivity index (χ4n) is 4.20. The third-order valence-electron chi connectivity index (χ3n) is 5.91. The molecule has 1 aliphatic heterocycles. The second-order valence-corrected chi connectivity index (χ2v) is 9.12. The molecule has 170 valence electrons. The van der Waals surface area contributed by atoms with Crippen molar-refractivity contribution in [3.63, 3.8) is 0 Å². The molecule has 0 unspecified atom stereocenters. The molecule has 3 aromatic carbocycles. The number of halogens is 1. The lowest BCUT2D eigenvalue weighted by Crippen LogP contribution is -2.36. The van der Waals surface area contributed by atoms with Crippen LogP contribution >= 0.6 is 11.3 Å². The molecular weight excluding hydrogens is 463 g/mol. The summed E-state index contributed by atoms with van der Waals surface area (Å²) in [6, 6.07) is 22.9. The van der Waals surface area contributed by atoms with Crippen LogP contribution in [-0.2, 0) is 0 Å². The number of hydrogen-bond acceptors (Lipinski definition) is 5. The van der Waals surface area contributed by atoms with E-state index in [-0.39, 0.29) is 28.1 Å².